The van der Waals surface area contributed by atoms with Crippen LogP contribution in [0, 0.1) is 11.3 Å². The van der Waals surface area contributed by atoms with Gasteiger partial charge in [-0.2, -0.15) is 0 Å². The van der Waals surface area contributed by atoms with Crippen LogP contribution < -0.4 is 10.8 Å². The molecule has 1 aliphatic carbocycles. The van der Waals surface area contributed by atoms with Gasteiger partial charge >= 0.3 is 0 Å². The van der Waals surface area contributed by atoms with E-state index in [4.69, 9.17) is 5.21 Å². The van der Waals surface area contributed by atoms with Gasteiger partial charge in [-0.1, -0.05) is 30.3 Å². The number of hydrogen-bond donors (Lipinski definition) is 3. The predicted octanol–water partition coefficient (Wildman–Crippen LogP) is 2.05. The number of amides is 2. The standard InChI is InChI=1S/C21H29N3O3/c25-19(23-27)17-13-21(9-10-21)14-22-18(17)20(26)24-11-4-7-16(8-12-24)15-5-2-1-3-6-15/h1-3,5-6,16-18,22,27H,4,7-14H2,(H,23,25). The van der Waals surface area contributed by atoms with Gasteiger partial charge in [0.25, 0.3) is 0 Å². The molecule has 6 nitrogen and oxygen atoms in total. The molecule has 3 unspecified atom stereocenters. The minimum absolute atomic E-state index is 0.00723. The molecule has 1 aromatic rings. The number of nitrogens with zero attached hydrogens (tertiary/aromatic N) is 1. The topological polar surface area (TPSA) is 81.7 Å². The molecule has 4 rings (SSSR count). The largest absolute Gasteiger partial charge is 0.341 e. The fourth-order valence-electron chi connectivity index (χ4n) is 4.84. The lowest BCUT2D eigenvalue weighted by Crippen LogP contribution is -2.59. The lowest BCUT2D eigenvalue weighted by atomic mass is 9.81. The quantitative estimate of drug-likeness (QED) is 0.561. The molecule has 1 spiro atoms. The Kier molecular flexibility index (Phi) is 5.19. The lowest BCUT2D eigenvalue weighted by Gasteiger charge is -2.37. The number of nitrogens with one attached hydrogen (secondary N) is 2. The molecule has 0 bridgehead atoms. The second kappa shape index (κ2) is 7.60. The Morgan fingerprint density at radius 2 is 1.93 bits per heavy atom. The maximum atomic E-state index is 13.2. The van der Waals surface area contributed by atoms with E-state index in [9.17, 15) is 9.59 Å². The molecule has 2 aliphatic heterocycles. The third-order valence-corrected chi connectivity index (χ3v) is 6.73. The van der Waals surface area contributed by atoms with Crippen molar-refractivity contribution in [3.8, 4) is 0 Å². The second-order valence-electron chi connectivity index (χ2n) is 8.51. The van der Waals surface area contributed by atoms with Crippen LogP contribution in [0.4, 0.5) is 0 Å². The Balaban J connectivity index is 1.43. The Labute approximate surface area is 160 Å². The van der Waals surface area contributed by atoms with Crippen LogP contribution in [0.5, 0.6) is 0 Å². The van der Waals surface area contributed by atoms with Gasteiger partial charge in [0.05, 0.1) is 12.0 Å². The van der Waals surface area contributed by atoms with E-state index in [1.165, 1.54) is 5.56 Å². The van der Waals surface area contributed by atoms with Crippen molar-refractivity contribution in [1.29, 1.82) is 0 Å². The summed E-state index contributed by atoms with van der Waals surface area (Å²) < 4.78 is 0. The van der Waals surface area contributed by atoms with Crippen molar-refractivity contribution in [2.45, 2.75) is 50.5 Å². The van der Waals surface area contributed by atoms with Crippen LogP contribution in [0.1, 0.15) is 50.0 Å². The average molecular weight is 371 g/mol. The highest BCUT2D eigenvalue weighted by Crippen LogP contribution is 2.52. The van der Waals surface area contributed by atoms with Crippen molar-refractivity contribution >= 4 is 11.8 Å². The highest BCUT2D eigenvalue weighted by molar-refractivity contribution is 5.90. The molecule has 146 valence electrons. The van der Waals surface area contributed by atoms with Crippen molar-refractivity contribution in [3.05, 3.63) is 35.9 Å². The summed E-state index contributed by atoms with van der Waals surface area (Å²) in [6.07, 6.45) is 5.87. The van der Waals surface area contributed by atoms with Gasteiger partial charge in [-0.15, -0.1) is 0 Å². The van der Waals surface area contributed by atoms with E-state index < -0.39 is 17.9 Å². The van der Waals surface area contributed by atoms with Crippen LogP contribution in [0.25, 0.3) is 0 Å². The summed E-state index contributed by atoms with van der Waals surface area (Å²) in [5, 5.41) is 12.5. The van der Waals surface area contributed by atoms with Crippen molar-refractivity contribution < 1.29 is 14.8 Å². The fourth-order valence-corrected chi connectivity index (χ4v) is 4.84. The maximum absolute atomic E-state index is 13.2. The third kappa shape index (κ3) is 3.87. The highest BCUT2D eigenvalue weighted by atomic mass is 16.5. The Morgan fingerprint density at radius 1 is 1.15 bits per heavy atom. The normalized spacial score (nSPS) is 29.8. The zero-order valence-electron chi connectivity index (χ0n) is 15.7. The van der Waals surface area contributed by atoms with Crippen molar-refractivity contribution in [3.63, 3.8) is 0 Å². The Hall–Kier alpha value is -1.92. The zero-order chi connectivity index (χ0) is 18.9. The predicted molar refractivity (Wildman–Crippen MR) is 101 cm³/mol. The number of piperidine rings is 1. The van der Waals surface area contributed by atoms with E-state index in [1.807, 2.05) is 11.0 Å². The lowest BCUT2D eigenvalue weighted by molar-refractivity contribution is -0.144. The van der Waals surface area contributed by atoms with E-state index in [1.54, 1.807) is 5.48 Å². The molecule has 0 aromatic heterocycles. The minimum Gasteiger partial charge on any atom is -0.341 e. The molecule has 0 radical (unpaired) electrons. The van der Waals surface area contributed by atoms with Gasteiger partial charge in [0.2, 0.25) is 11.8 Å². The summed E-state index contributed by atoms with van der Waals surface area (Å²) >= 11 is 0. The number of likely N-dealkylation sites (tertiary alicyclic amines) is 1. The molecular formula is C21H29N3O3. The van der Waals surface area contributed by atoms with E-state index >= 15 is 0 Å². The minimum atomic E-state index is -0.531. The summed E-state index contributed by atoms with van der Waals surface area (Å²) in [6, 6.07) is 9.98. The van der Waals surface area contributed by atoms with Crippen LogP contribution in [-0.4, -0.2) is 47.6 Å². The molecule has 3 atom stereocenters. The number of carbonyl (C=O) groups is 2. The summed E-state index contributed by atoms with van der Waals surface area (Å²) in [5.74, 6) is -0.446. The SMILES string of the molecule is O=C(NO)C1CC2(CC2)CNC1C(=O)N1CCCC(c2ccccc2)CC1. The molecule has 3 fully saturated rings. The first-order chi connectivity index (χ1) is 13.1. The number of rotatable bonds is 3. The molecule has 1 aromatic carbocycles. The number of hydroxylamine groups is 1. The Bertz CT molecular complexity index is 689. The van der Waals surface area contributed by atoms with Gasteiger partial charge < -0.3 is 10.2 Å². The molecule has 2 amide bonds. The molecule has 2 saturated heterocycles. The van der Waals surface area contributed by atoms with Crippen LogP contribution in [-0.2, 0) is 9.59 Å². The summed E-state index contributed by atoms with van der Waals surface area (Å²) in [6.45, 7) is 2.24. The zero-order valence-corrected chi connectivity index (χ0v) is 15.7. The maximum Gasteiger partial charge on any atom is 0.248 e. The van der Waals surface area contributed by atoms with Gasteiger partial charge in [0.15, 0.2) is 0 Å². The number of hydrogen-bond acceptors (Lipinski definition) is 4. The van der Waals surface area contributed by atoms with Crippen molar-refractivity contribution in [1.82, 2.24) is 15.7 Å². The van der Waals surface area contributed by atoms with Crippen molar-refractivity contribution in [2.24, 2.45) is 11.3 Å². The van der Waals surface area contributed by atoms with Gasteiger partial charge in [0.1, 0.15) is 0 Å². The molecule has 1 saturated carbocycles. The van der Waals surface area contributed by atoms with Crippen LogP contribution >= 0.6 is 0 Å². The van der Waals surface area contributed by atoms with E-state index in [0.717, 1.165) is 51.7 Å². The molecular weight excluding hydrogens is 342 g/mol. The second-order valence-corrected chi connectivity index (χ2v) is 8.51. The van der Waals surface area contributed by atoms with Crippen LogP contribution in [0.2, 0.25) is 0 Å². The first-order valence-corrected chi connectivity index (χ1v) is 10.1. The van der Waals surface area contributed by atoms with E-state index in [2.05, 4.69) is 29.6 Å². The van der Waals surface area contributed by atoms with E-state index in [0.29, 0.717) is 12.3 Å². The van der Waals surface area contributed by atoms with Gasteiger partial charge in [-0.3, -0.25) is 14.8 Å². The fraction of sp³-hybridized carbons (Fsp3) is 0.619. The van der Waals surface area contributed by atoms with Gasteiger partial charge in [0, 0.05) is 19.6 Å². The molecule has 3 aliphatic rings. The molecule has 27 heavy (non-hydrogen) atoms. The van der Waals surface area contributed by atoms with Crippen LogP contribution in [0.3, 0.4) is 0 Å². The number of carbonyl (C=O) groups excluding carboxylic acids is 2. The third-order valence-electron chi connectivity index (χ3n) is 6.73. The molecule has 2 heterocycles. The molecule has 6 heteroatoms. The highest BCUT2D eigenvalue weighted by Gasteiger charge is 2.52. The first kappa shape index (κ1) is 18.4. The van der Waals surface area contributed by atoms with Crippen molar-refractivity contribution in [2.75, 3.05) is 19.6 Å². The van der Waals surface area contributed by atoms with E-state index in [-0.39, 0.29) is 11.3 Å². The monoisotopic (exact) mass is 371 g/mol. The summed E-state index contributed by atoms with van der Waals surface area (Å²) in [7, 11) is 0. The summed E-state index contributed by atoms with van der Waals surface area (Å²) in [5.41, 5.74) is 3.28. The summed E-state index contributed by atoms with van der Waals surface area (Å²) in [4.78, 5) is 27.3. The molecule has 3 N–H and O–H groups in total. The Morgan fingerprint density at radius 3 is 2.63 bits per heavy atom. The average Bonchev–Trinajstić information content (AvgIpc) is 3.50. The smallest absolute Gasteiger partial charge is 0.248 e. The van der Waals surface area contributed by atoms with Gasteiger partial charge in [-0.25, -0.2) is 5.48 Å². The van der Waals surface area contributed by atoms with Crippen LogP contribution in [0.15, 0.2) is 30.3 Å². The van der Waals surface area contributed by atoms with Gasteiger partial charge in [-0.05, 0) is 55.4 Å². The first-order valence-electron chi connectivity index (χ1n) is 10.1. The number of benzene rings is 1.